The smallest absolute Gasteiger partial charge is 0.0357 e. The molecule has 0 saturated heterocycles. The van der Waals surface area contributed by atoms with Crippen LogP contribution in [0.3, 0.4) is 0 Å². The van der Waals surface area contributed by atoms with E-state index in [0.717, 1.165) is 17.8 Å². The minimum Gasteiger partial charge on any atom is -0.313 e. The molecule has 2 aliphatic rings. The van der Waals surface area contributed by atoms with Crippen LogP contribution in [0.2, 0.25) is 0 Å². The zero-order chi connectivity index (χ0) is 12.8. The van der Waals surface area contributed by atoms with Crippen LogP contribution in [0.15, 0.2) is 36.7 Å². The van der Waals surface area contributed by atoms with E-state index in [2.05, 4.69) is 41.6 Å². The summed E-state index contributed by atoms with van der Waals surface area (Å²) in [5.41, 5.74) is 1.46. The molecule has 0 bridgehead atoms. The lowest BCUT2D eigenvalue weighted by molar-refractivity contribution is 0.447. The van der Waals surface area contributed by atoms with Gasteiger partial charge in [0.25, 0.3) is 0 Å². The molecule has 2 nitrogen and oxygen atoms in total. The van der Waals surface area contributed by atoms with Crippen LogP contribution in [0, 0.1) is 17.8 Å². The molecule has 1 N–H and O–H groups in total. The Morgan fingerprint density at radius 2 is 2.05 bits per heavy atom. The normalized spacial score (nSPS) is 30.3. The topological polar surface area (TPSA) is 24.9 Å². The Hall–Kier alpha value is -1.41. The summed E-state index contributed by atoms with van der Waals surface area (Å²) in [7, 11) is 2.11. The SMILES string of the molecule is CNC(c1cccc2cnccc12)C1C2CCCC21. The number of benzene rings is 1. The fourth-order valence-corrected chi connectivity index (χ4v) is 4.35. The van der Waals surface area contributed by atoms with Gasteiger partial charge in [0.2, 0.25) is 0 Å². The fraction of sp³-hybridized carbons (Fsp3) is 0.471. The van der Waals surface area contributed by atoms with Crippen LogP contribution in [-0.4, -0.2) is 12.0 Å². The quantitative estimate of drug-likeness (QED) is 0.903. The lowest BCUT2D eigenvalue weighted by Crippen LogP contribution is -2.20. The maximum absolute atomic E-state index is 4.24. The molecule has 98 valence electrons. The molecule has 1 aromatic carbocycles. The highest BCUT2D eigenvalue weighted by Crippen LogP contribution is 2.62. The maximum Gasteiger partial charge on any atom is 0.0357 e. The van der Waals surface area contributed by atoms with Crippen molar-refractivity contribution in [3.63, 3.8) is 0 Å². The maximum atomic E-state index is 4.24. The minimum atomic E-state index is 0.515. The molecule has 2 aliphatic carbocycles. The Labute approximate surface area is 114 Å². The summed E-state index contributed by atoms with van der Waals surface area (Å²) >= 11 is 0. The van der Waals surface area contributed by atoms with Gasteiger partial charge in [-0.05, 0) is 54.7 Å². The van der Waals surface area contributed by atoms with Crippen LogP contribution in [0.1, 0.15) is 30.9 Å². The number of aromatic nitrogens is 1. The van der Waals surface area contributed by atoms with Gasteiger partial charge in [0, 0.05) is 23.8 Å². The zero-order valence-electron chi connectivity index (χ0n) is 11.3. The van der Waals surface area contributed by atoms with Crippen LogP contribution in [0.4, 0.5) is 0 Å². The third-order valence-electron chi connectivity index (χ3n) is 5.22. The molecule has 1 aromatic heterocycles. The molecule has 3 atom stereocenters. The predicted octanol–water partition coefficient (Wildman–Crippen LogP) is 3.54. The Kier molecular flexibility index (Phi) is 2.59. The first-order chi connectivity index (χ1) is 9.40. The van der Waals surface area contributed by atoms with E-state index in [4.69, 9.17) is 0 Å². The average molecular weight is 252 g/mol. The summed E-state index contributed by atoms with van der Waals surface area (Å²) in [5.74, 6) is 2.82. The molecular formula is C17H20N2. The minimum absolute atomic E-state index is 0.515. The highest BCUT2D eigenvalue weighted by molar-refractivity contribution is 5.85. The van der Waals surface area contributed by atoms with E-state index in [9.17, 15) is 0 Å². The highest BCUT2D eigenvalue weighted by atomic mass is 14.9. The van der Waals surface area contributed by atoms with Gasteiger partial charge in [-0.25, -0.2) is 0 Å². The number of hydrogen-bond donors (Lipinski definition) is 1. The molecule has 0 amide bonds. The molecule has 3 unspecified atom stereocenters. The van der Waals surface area contributed by atoms with Gasteiger partial charge < -0.3 is 5.32 Å². The number of rotatable bonds is 3. The van der Waals surface area contributed by atoms with E-state index < -0.39 is 0 Å². The van der Waals surface area contributed by atoms with Crippen LogP contribution in [-0.2, 0) is 0 Å². The zero-order valence-corrected chi connectivity index (χ0v) is 11.3. The molecule has 0 spiro atoms. The van der Waals surface area contributed by atoms with Gasteiger partial charge in [-0.1, -0.05) is 24.6 Å². The van der Waals surface area contributed by atoms with Crippen LogP contribution >= 0.6 is 0 Å². The van der Waals surface area contributed by atoms with Crippen molar-refractivity contribution in [3.05, 3.63) is 42.2 Å². The third kappa shape index (κ3) is 1.70. The molecule has 19 heavy (non-hydrogen) atoms. The molecule has 2 heteroatoms. The Morgan fingerprint density at radius 3 is 2.84 bits per heavy atom. The molecule has 1 heterocycles. The van der Waals surface area contributed by atoms with Crippen molar-refractivity contribution in [1.29, 1.82) is 0 Å². The van der Waals surface area contributed by atoms with E-state index in [0.29, 0.717) is 6.04 Å². The third-order valence-corrected chi connectivity index (χ3v) is 5.22. The second-order valence-corrected chi connectivity index (χ2v) is 6.05. The van der Waals surface area contributed by atoms with Crippen molar-refractivity contribution in [2.75, 3.05) is 7.05 Å². The van der Waals surface area contributed by atoms with Crippen molar-refractivity contribution >= 4 is 10.8 Å². The molecule has 4 rings (SSSR count). The van der Waals surface area contributed by atoms with Gasteiger partial charge in [-0.2, -0.15) is 0 Å². The van der Waals surface area contributed by atoms with Gasteiger partial charge in [-0.15, -0.1) is 0 Å². The Morgan fingerprint density at radius 1 is 1.21 bits per heavy atom. The molecular weight excluding hydrogens is 232 g/mol. The number of nitrogens with zero attached hydrogens (tertiary/aromatic N) is 1. The second-order valence-electron chi connectivity index (χ2n) is 6.05. The van der Waals surface area contributed by atoms with Crippen LogP contribution < -0.4 is 5.32 Å². The summed E-state index contributed by atoms with van der Waals surface area (Å²) in [6.45, 7) is 0. The monoisotopic (exact) mass is 252 g/mol. The second kappa shape index (κ2) is 4.31. The largest absolute Gasteiger partial charge is 0.313 e. The molecule has 2 saturated carbocycles. The Balaban J connectivity index is 1.76. The highest BCUT2D eigenvalue weighted by Gasteiger charge is 2.55. The van der Waals surface area contributed by atoms with Gasteiger partial charge in [0.05, 0.1) is 0 Å². The van der Waals surface area contributed by atoms with E-state index >= 15 is 0 Å². The predicted molar refractivity (Wildman–Crippen MR) is 77.9 cm³/mol. The van der Waals surface area contributed by atoms with E-state index in [-0.39, 0.29) is 0 Å². The fourth-order valence-electron chi connectivity index (χ4n) is 4.35. The molecule has 2 aromatic rings. The summed E-state index contributed by atoms with van der Waals surface area (Å²) < 4.78 is 0. The number of hydrogen-bond acceptors (Lipinski definition) is 2. The van der Waals surface area contributed by atoms with Crippen molar-refractivity contribution in [3.8, 4) is 0 Å². The van der Waals surface area contributed by atoms with E-state index in [1.165, 1.54) is 35.6 Å². The van der Waals surface area contributed by atoms with Gasteiger partial charge in [0.15, 0.2) is 0 Å². The standard InChI is InChI=1S/C17H20N2/c1-18-17(16-13-5-3-6-14(13)16)15-7-2-4-11-10-19-9-8-12(11)15/h2,4,7-10,13-14,16-18H,3,5-6H2,1H3. The number of pyridine rings is 1. The molecule has 0 aliphatic heterocycles. The molecule has 2 fully saturated rings. The summed E-state index contributed by atoms with van der Waals surface area (Å²) in [6, 6.07) is 9.29. The number of nitrogens with one attached hydrogen (secondary N) is 1. The average Bonchev–Trinajstić information content (AvgIpc) is 2.93. The van der Waals surface area contributed by atoms with Gasteiger partial charge in [-0.3, -0.25) is 4.98 Å². The number of fused-ring (bicyclic) bond motifs is 2. The lowest BCUT2D eigenvalue weighted by Gasteiger charge is -2.20. The van der Waals surface area contributed by atoms with Crippen LogP contribution in [0.5, 0.6) is 0 Å². The van der Waals surface area contributed by atoms with Gasteiger partial charge in [0.1, 0.15) is 0 Å². The lowest BCUT2D eigenvalue weighted by atomic mass is 9.93. The van der Waals surface area contributed by atoms with E-state index in [1.807, 2.05) is 12.4 Å². The van der Waals surface area contributed by atoms with Gasteiger partial charge >= 0.3 is 0 Å². The Bertz CT molecular complexity index is 592. The van der Waals surface area contributed by atoms with Crippen molar-refractivity contribution < 1.29 is 0 Å². The van der Waals surface area contributed by atoms with E-state index in [1.54, 1.807) is 0 Å². The summed E-state index contributed by atoms with van der Waals surface area (Å²) in [5, 5.41) is 6.20. The van der Waals surface area contributed by atoms with Crippen molar-refractivity contribution in [2.45, 2.75) is 25.3 Å². The summed E-state index contributed by atoms with van der Waals surface area (Å²) in [6.07, 6.45) is 8.22. The van der Waals surface area contributed by atoms with Crippen molar-refractivity contribution in [2.24, 2.45) is 17.8 Å². The van der Waals surface area contributed by atoms with Crippen LogP contribution in [0.25, 0.3) is 10.8 Å². The summed E-state index contributed by atoms with van der Waals surface area (Å²) in [4.78, 5) is 4.24. The first-order valence-electron chi connectivity index (χ1n) is 7.40. The first-order valence-corrected chi connectivity index (χ1v) is 7.40. The molecule has 0 radical (unpaired) electrons. The first kappa shape index (κ1) is 11.4. The van der Waals surface area contributed by atoms with Crippen molar-refractivity contribution in [1.82, 2.24) is 10.3 Å².